The van der Waals surface area contributed by atoms with E-state index < -0.39 is 11.7 Å². The number of nitrogens with one attached hydrogen (secondary N) is 1. The predicted octanol–water partition coefficient (Wildman–Crippen LogP) is 3.68. The first-order valence-corrected chi connectivity index (χ1v) is 8.55. The van der Waals surface area contributed by atoms with Crippen LogP contribution in [0.2, 0.25) is 0 Å². The topological polar surface area (TPSA) is 62.3 Å². The number of carbonyl (C=O) groups is 2. The summed E-state index contributed by atoms with van der Waals surface area (Å²) in [5, 5.41) is 2.58. The van der Waals surface area contributed by atoms with Gasteiger partial charge in [0.2, 0.25) is 0 Å². The number of hydrogen-bond acceptors (Lipinski definition) is 3. The van der Waals surface area contributed by atoms with E-state index in [4.69, 9.17) is 0 Å². The second-order valence-corrected chi connectivity index (χ2v) is 6.21. The Bertz CT molecular complexity index is 1040. The van der Waals surface area contributed by atoms with Crippen LogP contribution in [0.1, 0.15) is 26.5 Å². The van der Waals surface area contributed by atoms with Gasteiger partial charge in [-0.3, -0.25) is 9.59 Å². The number of aromatic nitrogens is 1. The van der Waals surface area contributed by atoms with Crippen molar-refractivity contribution in [3.05, 3.63) is 89.5 Å². The van der Waals surface area contributed by atoms with E-state index in [0.717, 1.165) is 17.7 Å². The third kappa shape index (κ3) is 3.42. The second-order valence-electron chi connectivity index (χ2n) is 6.21. The lowest BCUT2D eigenvalue weighted by atomic mass is 10.2. The van der Waals surface area contributed by atoms with E-state index in [0.29, 0.717) is 12.2 Å². The Morgan fingerprint density at radius 2 is 1.74 bits per heavy atom. The van der Waals surface area contributed by atoms with Gasteiger partial charge in [0.25, 0.3) is 11.8 Å². The van der Waals surface area contributed by atoms with Crippen molar-refractivity contribution in [2.45, 2.75) is 6.42 Å². The maximum absolute atomic E-state index is 13.3. The molecular weight excluding hydrogens is 345 g/mol. The lowest BCUT2D eigenvalue weighted by molar-refractivity contribution is 0.0984. The number of rotatable bonds is 3. The summed E-state index contributed by atoms with van der Waals surface area (Å²) in [6.07, 6.45) is 0.793. The molecule has 0 saturated heterocycles. The fraction of sp³-hybridized carbons (Fsp3) is 0.0952. The molecule has 0 bridgehead atoms. The van der Waals surface area contributed by atoms with E-state index in [-0.39, 0.29) is 17.3 Å². The minimum Gasteiger partial charge on any atom is -0.321 e. The number of amides is 2. The number of pyridine rings is 1. The third-order valence-electron chi connectivity index (χ3n) is 4.42. The van der Waals surface area contributed by atoms with Crippen LogP contribution in [0.5, 0.6) is 0 Å². The zero-order chi connectivity index (χ0) is 18.8. The lowest BCUT2D eigenvalue weighted by Gasteiger charge is -2.17. The number of carbonyl (C=O) groups excluding carboxylic acids is 2. The van der Waals surface area contributed by atoms with Crippen molar-refractivity contribution in [1.82, 2.24) is 4.98 Å². The highest BCUT2D eigenvalue weighted by atomic mass is 19.1. The van der Waals surface area contributed by atoms with Gasteiger partial charge in [-0.2, -0.15) is 0 Å². The zero-order valence-corrected chi connectivity index (χ0v) is 14.4. The van der Waals surface area contributed by atoms with E-state index in [2.05, 4.69) is 10.3 Å². The summed E-state index contributed by atoms with van der Waals surface area (Å²) in [6.45, 7) is 0.583. The Hall–Kier alpha value is -3.54. The Morgan fingerprint density at radius 3 is 2.59 bits per heavy atom. The molecule has 0 atom stereocenters. The molecule has 3 aromatic rings. The van der Waals surface area contributed by atoms with Crippen molar-refractivity contribution in [2.24, 2.45) is 0 Å². The number of para-hydroxylation sites is 1. The molecule has 2 heterocycles. The molecule has 1 aromatic heterocycles. The smallest absolute Gasteiger partial charge is 0.276 e. The van der Waals surface area contributed by atoms with Gasteiger partial charge in [-0.25, -0.2) is 9.37 Å². The molecule has 0 fully saturated rings. The molecule has 0 spiro atoms. The number of fused-ring (bicyclic) bond motifs is 1. The van der Waals surface area contributed by atoms with E-state index >= 15 is 0 Å². The summed E-state index contributed by atoms with van der Waals surface area (Å²) in [5.41, 5.74) is 2.60. The van der Waals surface area contributed by atoms with Crippen LogP contribution >= 0.6 is 0 Å². The van der Waals surface area contributed by atoms with Gasteiger partial charge in [0, 0.05) is 17.9 Å². The molecule has 4 rings (SSSR count). The Morgan fingerprint density at radius 1 is 0.963 bits per heavy atom. The number of nitrogens with zero attached hydrogens (tertiary/aromatic N) is 2. The largest absolute Gasteiger partial charge is 0.321 e. The highest BCUT2D eigenvalue weighted by Crippen LogP contribution is 2.28. The van der Waals surface area contributed by atoms with Crippen molar-refractivity contribution in [3.63, 3.8) is 0 Å². The summed E-state index contributed by atoms with van der Waals surface area (Å²) in [7, 11) is 0. The first-order valence-electron chi connectivity index (χ1n) is 8.55. The quantitative estimate of drug-likeness (QED) is 0.774. The average Bonchev–Trinajstić information content (AvgIpc) is 3.11. The first kappa shape index (κ1) is 16.9. The van der Waals surface area contributed by atoms with Crippen LogP contribution < -0.4 is 10.2 Å². The van der Waals surface area contributed by atoms with Crippen molar-refractivity contribution < 1.29 is 14.0 Å². The normalized spacial score (nSPS) is 12.6. The molecule has 134 valence electrons. The summed E-state index contributed by atoms with van der Waals surface area (Å²) < 4.78 is 13.3. The number of hydrogen-bond donors (Lipinski definition) is 1. The van der Waals surface area contributed by atoms with Crippen LogP contribution in [0, 0.1) is 5.82 Å². The first-order chi connectivity index (χ1) is 13.1. The summed E-state index contributed by atoms with van der Waals surface area (Å²) in [6, 6.07) is 18.0. The molecule has 2 amide bonds. The molecular formula is C21H16FN3O2. The van der Waals surface area contributed by atoms with E-state index in [9.17, 15) is 14.0 Å². The van der Waals surface area contributed by atoms with Crippen LogP contribution in [0.25, 0.3) is 0 Å². The molecule has 1 N–H and O–H groups in total. The van der Waals surface area contributed by atoms with E-state index in [1.165, 1.54) is 24.3 Å². The SMILES string of the molecule is O=C(Nc1cccc(F)c1)c1cccc(C(=O)N2CCc3ccccc32)n1. The summed E-state index contributed by atoms with van der Waals surface area (Å²) in [4.78, 5) is 31.2. The number of halogens is 1. The van der Waals surface area contributed by atoms with Crippen molar-refractivity contribution in [2.75, 3.05) is 16.8 Å². The van der Waals surface area contributed by atoms with Crippen molar-refractivity contribution in [3.8, 4) is 0 Å². The lowest BCUT2D eigenvalue weighted by Crippen LogP contribution is -2.30. The molecule has 6 heteroatoms. The van der Waals surface area contributed by atoms with Gasteiger partial charge in [-0.15, -0.1) is 0 Å². The van der Waals surface area contributed by atoms with E-state index in [1.807, 2.05) is 24.3 Å². The number of benzene rings is 2. The Labute approximate surface area is 155 Å². The maximum atomic E-state index is 13.3. The molecule has 5 nitrogen and oxygen atoms in total. The van der Waals surface area contributed by atoms with Gasteiger partial charge in [-0.1, -0.05) is 30.3 Å². The average molecular weight is 361 g/mol. The van der Waals surface area contributed by atoms with E-state index in [1.54, 1.807) is 23.1 Å². The minimum absolute atomic E-state index is 0.0950. The fourth-order valence-corrected chi connectivity index (χ4v) is 3.13. The molecule has 0 unspecified atom stereocenters. The van der Waals surface area contributed by atoms with Gasteiger partial charge in [0.1, 0.15) is 17.2 Å². The minimum atomic E-state index is -0.503. The van der Waals surface area contributed by atoms with Crippen molar-refractivity contribution >= 4 is 23.2 Å². The van der Waals surface area contributed by atoms with Crippen LogP contribution in [-0.4, -0.2) is 23.3 Å². The Kier molecular flexibility index (Phi) is 4.38. The Balaban J connectivity index is 1.56. The molecule has 1 aliphatic heterocycles. The molecule has 0 radical (unpaired) electrons. The summed E-state index contributed by atoms with van der Waals surface area (Å²) in [5.74, 6) is -1.20. The van der Waals surface area contributed by atoms with Crippen LogP contribution in [0.4, 0.5) is 15.8 Å². The van der Waals surface area contributed by atoms with Gasteiger partial charge < -0.3 is 10.2 Å². The van der Waals surface area contributed by atoms with Gasteiger partial charge in [-0.05, 0) is 48.4 Å². The second kappa shape index (κ2) is 6.99. The maximum Gasteiger partial charge on any atom is 0.276 e. The predicted molar refractivity (Wildman–Crippen MR) is 100 cm³/mol. The molecule has 0 aliphatic carbocycles. The molecule has 1 aliphatic rings. The number of anilines is 2. The summed E-state index contributed by atoms with van der Waals surface area (Å²) >= 11 is 0. The molecule has 2 aromatic carbocycles. The van der Waals surface area contributed by atoms with Crippen molar-refractivity contribution in [1.29, 1.82) is 0 Å². The van der Waals surface area contributed by atoms with Gasteiger partial charge in [0.05, 0.1) is 0 Å². The van der Waals surface area contributed by atoms with Gasteiger partial charge in [0.15, 0.2) is 0 Å². The highest BCUT2D eigenvalue weighted by Gasteiger charge is 2.26. The zero-order valence-electron chi connectivity index (χ0n) is 14.4. The van der Waals surface area contributed by atoms with Crippen LogP contribution in [0.15, 0.2) is 66.7 Å². The van der Waals surface area contributed by atoms with Crippen LogP contribution in [-0.2, 0) is 6.42 Å². The molecule has 27 heavy (non-hydrogen) atoms. The standard InChI is InChI=1S/C21H16FN3O2/c22-15-6-3-7-16(13-15)23-20(26)17-8-4-9-18(24-17)21(27)25-12-11-14-5-1-2-10-19(14)25/h1-10,13H,11-12H2,(H,23,26). The van der Waals surface area contributed by atoms with Crippen LogP contribution in [0.3, 0.4) is 0 Å². The monoisotopic (exact) mass is 361 g/mol. The fourth-order valence-electron chi connectivity index (χ4n) is 3.13. The van der Waals surface area contributed by atoms with Gasteiger partial charge >= 0.3 is 0 Å². The highest BCUT2D eigenvalue weighted by molar-refractivity contribution is 6.08. The third-order valence-corrected chi connectivity index (χ3v) is 4.42. The molecule has 0 saturated carbocycles.